The molecule has 0 saturated heterocycles. The second-order valence-electron chi connectivity index (χ2n) is 5.64. The molecule has 122 valence electrons. The molecule has 3 aromatic carbocycles. The minimum absolute atomic E-state index is 0.689. The van der Waals surface area contributed by atoms with E-state index in [1.165, 1.54) is 26.8 Å². The van der Waals surface area contributed by atoms with E-state index in [2.05, 4.69) is 71.7 Å². The Labute approximate surface area is 147 Å². The fourth-order valence-electron chi connectivity index (χ4n) is 2.64. The summed E-state index contributed by atoms with van der Waals surface area (Å²) in [5.41, 5.74) is 8.07. The van der Waals surface area contributed by atoms with Crippen molar-refractivity contribution in [3.63, 3.8) is 0 Å². The molecule has 3 heteroatoms. The maximum Gasteiger partial charge on any atom is 0.0401 e. The van der Waals surface area contributed by atoms with Crippen LogP contribution in [-0.4, -0.2) is 19.3 Å². The van der Waals surface area contributed by atoms with Crippen molar-refractivity contribution >= 4 is 28.7 Å². The van der Waals surface area contributed by atoms with Crippen LogP contribution in [-0.2, 0) is 5.75 Å². The first kappa shape index (κ1) is 16.7. The molecule has 3 rings (SSSR count). The van der Waals surface area contributed by atoms with Crippen LogP contribution in [0.25, 0.3) is 10.8 Å². The van der Waals surface area contributed by atoms with Crippen molar-refractivity contribution in [3.8, 4) is 0 Å². The number of rotatable bonds is 7. The van der Waals surface area contributed by atoms with Gasteiger partial charge in [0.2, 0.25) is 0 Å². The number of nitrogens with two attached hydrogens (primary N) is 1. The molecule has 2 nitrogen and oxygen atoms in total. The monoisotopic (exact) mass is 334 g/mol. The summed E-state index contributed by atoms with van der Waals surface area (Å²) in [4.78, 5) is 5.74. The molecule has 24 heavy (non-hydrogen) atoms. The lowest BCUT2D eigenvalue weighted by Crippen LogP contribution is -2.00. The van der Waals surface area contributed by atoms with E-state index in [9.17, 15) is 0 Å². The Hall–Kier alpha value is -2.10. The molecular formula is C21H22N2S. The molecule has 0 amide bonds. The second kappa shape index (κ2) is 8.67. The Morgan fingerprint density at radius 2 is 1.71 bits per heavy atom. The summed E-state index contributed by atoms with van der Waals surface area (Å²) in [6.45, 7) is 1.48. The number of nitrogens with zero attached hydrogens (tertiary/aromatic N) is 1. The Balaban J connectivity index is 1.75. The van der Waals surface area contributed by atoms with Crippen LogP contribution in [0.1, 0.15) is 17.5 Å². The van der Waals surface area contributed by atoms with Gasteiger partial charge in [-0.3, -0.25) is 4.99 Å². The lowest BCUT2D eigenvalue weighted by molar-refractivity contribution is 0.847. The van der Waals surface area contributed by atoms with Crippen molar-refractivity contribution in [1.29, 1.82) is 0 Å². The van der Waals surface area contributed by atoms with Gasteiger partial charge in [-0.25, -0.2) is 0 Å². The summed E-state index contributed by atoms with van der Waals surface area (Å²) in [6, 6.07) is 23.5. The highest BCUT2D eigenvalue weighted by atomic mass is 32.2. The fraction of sp³-hybridized carbons (Fsp3) is 0.190. The molecule has 2 N–H and O–H groups in total. The molecule has 0 saturated carbocycles. The molecule has 0 bridgehead atoms. The zero-order chi connectivity index (χ0) is 16.6. The van der Waals surface area contributed by atoms with Crippen molar-refractivity contribution in [3.05, 3.63) is 77.9 Å². The van der Waals surface area contributed by atoms with E-state index in [-0.39, 0.29) is 0 Å². The SMILES string of the molecule is NCCCN=Cc1ccccc1SCc1cccc2ccccc12. The Morgan fingerprint density at radius 1 is 0.917 bits per heavy atom. The summed E-state index contributed by atoms with van der Waals surface area (Å²) >= 11 is 1.86. The van der Waals surface area contributed by atoms with Gasteiger partial charge in [0, 0.05) is 29.0 Å². The first-order valence-corrected chi connectivity index (χ1v) is 9.25. The van der Waals surface area contributed by atoms with Gasteiger partial charge >= 0.3 is 0 Å². The molecule has 0 aliphatic rings. The summed E-state index contributed by atoms with van der Waals surface area (Å²) in [6.07, 6.45) is 2.91. The van der Waals surface area contributed by atoms with Gasteiger partial charge in [0.1, 0.15) is 0 Å². The molecule has 0 aromatic heterocycles. The molecule has 0 radical (unpaired) electrons. The second-order valence-corrected chi connectivity index (χ2v) is 6.66. The van der Waals surface area contributed by atoms with Crippen molar-refractivity contribution in [2.75, 3.05) is 13.1 Å². The molecule has 3 aromatic rings. The third-order valence-corrected chi connectivity index (χ3v) is 5.04. The molecule has 0 aliphatic heterocycles. The van der Waals surface area contributed by atoms with Crippen LogP contribution in [0.3, 0.4) is 0 Å². The minimum atomic E-state index is 0.689. The highest BCUT2D eigenvalue weighted by molar-refractivity contribution is 7.98. The van der Waals surface area contributed by atoms with Crippen molar-refractivity contribution in [2.45, 2.75) is 17.1 Å². The average molecular weight is 334 g/mol. The number of fused-ring (bicyclic) bond motifs is 1. The van der Waals surface area contributed by atoms with E-state index in [0.29, 0.717) is 6.54 Å². The lowest BCUT2D eigenvalue weighted by Gasteiger charge is -2.08. The van der Waals surface area contributed by atoms with Gasteiger partial charge in [0.25, 0.3) is 0 Å². The van der Waals surface area contributed by atoms with Gasteiger partial charge in [-0.05, 0) is 35.4 Å². The molecule has 0 aliphatic carbocycles. The smallest absolute Gasteiger partial charge is 0.0401 e. The van der Waals surface area contributed by atoms with Crippen LogP contribution < -0.4 is 5.73 Å². The number of benzene rings is 3. The van der Waals surface area contributed by atoms with E-state index in [1.54, 1.807) is 0 Å². The van der Waals surface area contributed by atoms with E-state index in [1.807, 2.05) is 18.0 Å². The summed E-state index contributed by atoms with van der Waals surface area (Å²) in [5.74, 6) is 0.953. The molecular weight excluding hydrogens is 312 g/mol. The quantitative estimate of drug-likeness (QED) is 0.379. The van der Waals surface area contributed by atoms with Crippen molar-refractivity contribution in [1.82, 2.24) is 0 Å². The highest BCUT2D eigenvalue weighted by Gasteiger charge is 2.04. The summed E-state index contributed by atoms with van der Waals surface area (Å²) in [7, 11) is 0. The average Bonchev–Trinajstić information content (AvgIpc) is 2.64. The van der Waals surface area contributed by atoms with Crippen molar-refractivity contribution in [2.24, 2.45) is 10.7 Å². The summed E-state index contributed by atoms with van der Waals surface area (Å²) in [5, 5.41) is 2.63. The van der Waals surface area contributed by atoms with E-state index in [0.717, 1.165) is 18.7 Å². The molecule has 0 fully saturated rings. The van der Waals surface area contributed by atoms with Crippen LogP contribution in [0.2, 0.25) is 0 Å². The van der Waals surface area contributed by atoms with E-state index in [4.69, 9.17) is 5.73 Å². The first-order valence-electron chi connectivity index (χ1n) is 8.27. The largest absolute Gasteiger partial charge is 0.330 e. The zero-order valence-electron chi connectivity index (χ0n) is 13.7. The number of aliphatic imine (C=N–C) groups is 1. The number of hydrogen-bond acceptors (Lipinski definition) is 3. The van der Waals surface area contributed by atoms with Crippen LogP contribution in [0.5, 0.6) is 0 Å². The van der Waals surface area contributed by atoms with Crippen LogP contribution in [0.4, 0.5) is 0 Å². The maximum atomic E-state index is 5.52. The normalized spacial score (nSPS) is 11.4. The fourth-order valence-corrected chi connectivity index (χ4v) is 3.66. The van der Waals surface area contributed by atoms with Gasteiger partial charge in [-0.1, -0.05) is 60.7 Å². The molecule has 0 unspecified atom stereocenters. The topological polar surface area (TPSA) is 38.4 Å². The minimum Gasteiger partial charge on any atom is -0.330 e. The predicted octanol–water partition coefficient (Wildman–Crippen LogP) is 4.90. The highest BCUT2D eigenvalue weighted by Crippen LogP contribution is 2.29. The lowest BCUT2D eigenvalue weighted by atomic mass is 10.1. The van der Waals surface area contributed by atoms with Gasteiger partial charge in [-0.15, -0.1) is 11.8 Å². The Kier molecular flexibility index (Phi) is 6.05. The summed E-state index contributed by atoms with van der Waals surface area (Å²) < 4.78 is 0. The van der Waals surface area contributed by atoms with Gasteiger partial charge in [0.15, 0.2) is 0 Å². The Morgan fingerprint density at radius 3 is 2.62 bits per heavy atom. The number of thioether (sulfide) groups is 1. The van der Waals surface area contributed by atoms with Crippen LogP contribution >= 0.6 is 11.8 Å². The van der Waals surface area contributed by atoms with E-state index >= 15 is 0 Å². The third-order valence-electron chi connectivity index (χ3n) is 3.90. The van der Waals surface area contributed by atoms with Crippen molar-refractivity contribution < 1.29 is 0 Å². The van der Waals surface area contributed by atoms with Crippen LogP contribution in [0.15, 0.2) is 76.6 Å². The van der Waals surface area contributed by atoms with Gasteiger partial charge < -0.3 is 5.73 Å². The first-order chi connectivity index (χ1) is 11.9. The molecule has 0 atom stereocenters. The maximum absolute atomic E-state index is 5.52. The number of hydrogen-bond donors (Lipinski definition) is 1. The van der Waals surface area contributed by atoms with Gasteiger partial charge in [-0.2, -0.15) is 0 Å². The zero-order valence-corrected chi connectivity index (χ0v) is 14.5. The van der Waals surface area contributed by atoms with Crippen LogP contribution in [0, 0.1) is 0 Å². The standard InChI is InChI=1S/C21H22N2S/c22-13-6-14-23-15-18-8-2-4-12-21(18)24-16-19-10-5-9-17-7-1-3-11-20(17)19/h1-5,7-12,15H,6,13-14,16,22H2. The molecule has 0 spiro atoms. The predicted molar refractivity (Wildman–Crippen MR) is 106 cm³/mol. The molecule has 0 heterocycles. The Bertz CT molecular complexity index is 821. The van der Waals surface area contributed by atoms with Gasteiger partial charge in [0.05, 0.1) is 0 Å². The van der Waals surface area contributed by atoms with E-state index < -0.39 is 0 Å². The third kappa shape index (κ3) is 4.25.